The highest BCUT2D eigenvalue weighted by Crippen LogP contribution is 2.42. The topological polar surface area (TPSA) is 85.4 Å². The Morgan fingerprint density at radius 2 is 1.65 bits per heavy atom. The molecular formula is C15H17N5O3. The van der Waals surface area contributed by atoms with E-state index in [2.05, 4.69) is 19.9 Å². The van der Waals surface area contributed by atoms with Crippen molar-refractivity contribution in [3.63, 3.8) is 0 Å². The van der Waals surface area contributed by atoms with Crippen LogP contribution >= 0.6 is 0 Å². The predicted molar refractivity (Wildman–Crippen MR) is 85.8 cm³/mol. The first-order valence-corrected chi connectivity index (χ1v) is 6.87. The molecule has 0 radical (unpaired) electrons. The number of imidazole rings is 1. The predicted octanol–water partition coefficient (Wildman–Crippen LogP) is 2.15. The zero-order chi connectivity index (χ0) is 16.4. The second-order valence-electron chi connectivity index (χ2n) is 4.74. The summed E-state index contributed by atoms with van der Waals surface area (Å²) in [5.74, 6) is 2.38. The standard InChI is InChI=1S/C15H17N5O3/c1-20(15-12-14(17-7-16-12)18-8-19-15)9-5-10(21-2)13(23-4)11(6-9)22-3/h5-8H,1-4H3,(H,16,17,18,19). The van der Waals surface area contributed by atoms with Crippen LogP contribution in [0.3, 0.4) is 0 Å². The number of fused-ring (bicyclic) bond motifs is 1. The Hall–Kier alpha value is -3.03. The van der Waals surface area contributed by atoms with Crippen molar-refractivity contribution >= 4 is 22.7 Å². The molecule has 0 unspecified atom stereocenters. The van der Waals surface area contributed by atoms with Crippen LogP contribution in [0.5, 0.6) is 17.2 Å². The normalized spacial score (nSPS) is 10.6. The molecule has 3 aromatic rings. The van der Waals surface area contributed by atoms with E-state index in [0.717, 1.165) is 11.2 Å². The first kappa shape index (κ1) is 14.9. The van der Waals surface area contributed by atoms with Crippen molar-refractivity contribution in [2.75, 3.05) is 33.3 Å². The fourth-order valence-electron chi connectivity index (χ4n) is 2.39. The van der Waals surface area contributed by atoms with Crippen LogP contribution in [0.15, 0.2) is 24.8 Å². The lowest BCUT2D eigenvalue weighted by Crippen LogP contribution is -2.12. The molecule has 23 heavy (non-hydrogen) atoms. The molecule has 0 spiro atoms. The van der Waals surface area contributed by atoms with Crippen LogP contribution in [0.1, 0.15) is 0 Å². The average Bonchev–Trinajstić information content (AvgIpc) is 3.08. The number of ether oxygens (including phenoxy) is 3. The van der Waals surface area contributed by atoms with E-state index >= 15 is 0 Å². The quantitative estimate of drug-likeness (QED) is 0.772. The number of hydrogen-bond donors (Lipinski definition) is 1. The van der Waals surface area contributed by atoms with Crippen LogP contribution in [0.4, 0.5) is 11.5 Å². The van der Waals surface area contributed by atoms with Gasteiger partial charge in [0.15, 0.2) is 23.0 Å². The van der Waals surface area contributed by atoms with Gasteiger partial charge in [-0.25, -0.2) is 15.0 Å². The Labute approximate surface area is 133 Å². The van der Waals surface area contributed by atoms with E-state index in [4.69, 9.17) is 14.2 Å². The van der Waals surface area contributed by atoms with Gasteiger partial charge in [0.2, 0.25) is 5.75 Å². The van der Waals surface area contributed by atoms with E-state index < -0.39 is 0 Å². The van der Waals surface area contributed by atoms with E-state index in [1.54, 1.807) is 27.7 Å². The van der Waals surface area contributed by atoms with Crippen LogP contribution in [0.25, 0.3) is 11.2 Å². The molecule has 0 aliphatic carbocycles. The SMILES string of the molecule is COc1cc(N(C)c2ncnc3nc[nH]c23)cc(OC)c1OC. The summed E-state index contributed by atoms with van der Waals surface area (Å²) in [4.78, 5) is 17.6. The molecule has 0 fully saturated rings. The Morgan fingerprint density at radius 3 is 2.26 bits per heavy atom. The summed E-state index contributed by atoms with van der Waals surface area (Å²) in [5, 5.41) is 0. The van der Waals surface area contributed by atoms with Gasteiger partial charge in [0.25, 0.3) is 0 Å². The molecule has 0 saturated carbocycles. The van der Waals surface area contributed by atoms with Crippen molar-refractivity contribution in [3.05, 3.63) is 24.8 Å². The minimum Gasteiger partial charge on any atom is -0.493 e. The van der Waals surface area contributed by atoms with Crippen molar-refractivity contribution in [3.8, 4) is 17.2 Å². The van der Waals surface area contributed by atoms with Crippen LogP contribution in [0.2, 0.25) is 0 Å². The Balaban J connectivity index is 2.12. The number of rotatable bonds is 5. The highest BCUT2D eigenvalue weighted by Gasteiger charge is 2.18. The summed E-state index contributed by atoms with van der Waals surface area (Å²) in [6.45, 7) is 0. The van der Waals surface area contributed by atoms with Gasteiger partial charge in [-0.1, -0.05) is 0 Å². The molecule has 8 nitrogen and oxygen atoms in total. The van der Waals surface area contributed by atoms with Gasteiger partial charge in [-0.2, -0.15) is 0 Å². The zero-order valence-electron chi connectivity index (χ0n) is 13.3. The summed E-state index contributed by atoms with van der Waals surface area (Å²) >= 11 is 0. The lowest BCUT2D eigenvalue weighted by molar-refractivity contribution is 0.324. The Bertz CT molecular complexity index is 808. The van der Waals surface area contributed by atoms with E-state index in [0.29, 0.717) is 28.7 Å². The molecule has 0 amide bonds. The second-order valence-corrected chi connectivity index (χ2v) is 4.74. The molecule has 0 saturated heterocycles. The number of hydrogen-bond acceptors (Lipinski definition) is 7. The minimum absolute atomic E-state index is 0.543. The van der Waals surface area contributed by atoms with Crippen LogP contribution in [-0.2, 0) is 0 Å². The summed E-state index contributed by atoms with van der Waals surface area (Å²) in [6.07, 6.45) is 3.07. The third-order valence-electron chi connectivity index (χ3n) is 3.56. The molecule has 0 aliphatic heterocycles. The molecular weight excluding hydrogens is 298 g/mol. The summed E-state index contributed by atoms with van der Waals surface area (Å²) < 4.78 is 16.1. The average molecular weight is 315 g/mol. The summed E-state index contributed by atoms with van der Waals surface area (Å²) in [5.41, 5.74) is 2.19. The van der Waals surface area contributed by atoms with Crippen LogP contribution in [-0.4, -0.2) is 48.3 Å². The van der Waals surface area contributed by atoms with E-state index in [1.165, 1.54) is 6.33 Å². The fraction of sp³-hybridized carbons (Fsp3) is 0.267. The first-order valence-electron chi connectivity index (χ1n) is 6.87. The number of methoxy groups -OCH3 is 3. The minimum atomic E-state index is 0.543. The number of anilines is 2. The number of benzene rings is 1. The third-order valence-corrected chi connectivity index (χ3v) is 3.56. The monoisotopic (exact) mass is 315 g/mol. The van der Waals surface area contributed by atoms with E-state index in [-0.39, 0.29) is 0 Å². The van der Waals surface area contributed by atoms with E-state index in [9.17, 15) is 0 Å². The molecule has 0 atom stereocenters. The maximum atomic E-state index is 5.39. The molecule has 2 heterocycles. The largest absolute Gasteiger partial charge is 0.493 e. The van der Waals surface area contributed by atoms with Gasteiger partial charge in [-0.15, -0.1) is 0 Å². The molecule has 120 valence electrons. The van der Waals surface area contributed by atoms with Crippen molar-refractivity contribution in [2.24, 2.45) is 0 Å². The highest BCUT2D eigenvalue weighted by atomic mass is 16.5. The number of nitrogens with zero attached hydrogens (tertiary/aromatic N) is 4. The molecule has 2 aromatic heterocycles. The van der Waals surface area contributed by atoms with Crippen molar-refractivity contribution in [2.45, 2.75) is 0 Å². The van der Waals surface area contributed by atoms with Gasteiger partial charge in [0.05, 0.1) is 27.7 Å². The number of aromatic nitrogens is 4. The first-order chi connectivity index (χ1) is 11.2. The highest BCUT2D eigenvalue weighted by molar-refractivity contribution is 5.86. The van der Waals surface area contributed by atoms with Crippen LogP contribution in [0, 0.1) is 0 Å². The van der Waals surface area contributed by atoms with Crippen molar-refractivity contribution < 1.29 is 14.2 Å². The fourth-order valence-corrected chi connectivity index (χ4v) is 2.39. The molecule has 8 heteroatoms. The summed E-state index contributed by atoms with van der Waals surface area (Å²) in [6, 6.07) is 3.71. The third kappa shape index (κ3) is 2.48. The lowest BCUT2D eigenvalue weighted by atomic mass is 10.2. The molecule has 0 bridgehead atoms. The Morgan fingerprint density at radius 1 is 0.957 bits per heavy atom. The zero-order valence-corrected chi connectivity index (χ0v) is 13.3. The van der Waals surface area contributed by atoms with Crippen LogP contribution < -0.4 is 19.1 Å². The van der Waals surface area contributed by atoms with Crippen molar-refractivity contribution in [1.29, 1.82) is 0 Å². The van der Waals surface area contributed by atoms with E-state index in [1.807, 2.05) is 24.1 Å². The molecule has 0 aliphatic rings. The Kier molecular flexibility index (Phi) is 3.88. The van der Waals surface area contributed by atoms with Crippen molar-refractivity contribution in [1.82, 2.24) is 19.9 Å². The number of aromatic amines is 1. The smallest absolute Gasteiger partial charge is 0.203 e. The molecule has 1 N–H and O–H groups in total. The lowest BCUT2D eigenvalue weighted by Gasteiger charge is -2.21. The van der Waals surface area contributed by atoms with Gasteiger partial charge in [-0.05, 0) is 0 Å². The number of H-pyrrole nitrogens is 1. The second kappa shape index (κ2) is 5.99. The summed E-state index contributed by atoms with van der Waals surface area (Å²) in [7, 11) is 6.63. The van der Waals surface area contributed by atoms with Gasteiger partial charge < -0.3 is 24.1 Å². The van der Waals surface area contributed by atoms with Gasteiger partial charge >= 0.3 is 0 Å². The maximum absolute atomic E-state index is 5.39. The van der Waals surface area contributed by atoms with Gasteiger partial charge in [-0.3, -0.25) is 0 Å². The van der Waals surface area contributed by atoms with Gasteiger partial charge in [0, 0.05) is 24.9 Å². The number of nitrogens with one attached hydrogen (secondary N) is 1. The molecule has 1 aromatic carbocycles. The molecule has 3 rings (SSSR count). The maximum Gasteiger partial charge on any atom is 0.203 e. The van der Waals surface area contributed by atoms with Gasteiger partial charge in [0.1, 0.15) is 11.8 Å².